The van der Waals surface area contributed by atoms with Crippen LogP contribution in [0.4, 0.5) is 4.39 Å². The average molecular weight is 440 g/mol. The summed E-state index contributed by atoms with van der Waals surface area (Å²) in [5.41, 5.74) is 1.85. The zero-order chi connectivity index (χ0) is 21.0. The Hall–Kier alpha value is -1.82. The first kappa shape index (κ1) is 21.9. The third-order valence-electron chi connectivity index (χ3n) is 5.17. The predicted molar refractivity (Wildman–Crippen MR) is 113 cm³/mol. The Balaban J connectivity index is 0.000000224. The van der Waals surface area contributed by atoms with E-state index in [1.807, 2.05) is 0 Å². The molecule has 1 saturated heterocycles. The quantitative estimate of drug-likeness (QED) is 0.605. The molecule has 0 aromatic heterocycles. The number of hydrogen-bond acceptors (Lipinski definition) is 3. The Morgan fingerprint density at radius 1 is 1.03 bits per heavy atom. The molecule has 7 heteroatoms. The van der Waals surface area contributed by atoms with Crippen LogP contribution in [-0.2, 0) is 6.54 Å². The van der Waals surface area contributed by atoms with Crippen molar-refractivity contribution in [3.05, 3.63) is 62.9 Å². The zero-order valence-corrected chi connectivity index (χ0v) is 17.5. The highest BCUT2D eigenvalue weighted by Gasteiger charge is 2.29. The summed E-state index contributed by atoms with van der Waals surface area (Å²) in [5.74, 6) is -1.25. The lowest BCUT2D eigenvalue weighted by Crippen LogP contribution is -2.29. The number of piperidine rings is 1. The van der Waals surface area contributed by atoms with Gasteiger partial charge in [0.25, 0.3) is 0 Å². The summed E-state index contributed by atoms with van der Waals surface area (Å²) in [5, 5.41) is 18.8. The molecular formula is C22H24Cl2FNO3. The number of aromatic hydroxyl groups is 1. The Kier molecular flexibility index (Phi) is 7.38. The van der Waals surface area contributed by atoms with Gasteiger partial charge in [-0.15, -0.1) is 0 Å². The molecule has 1 heterocycles. The van der Waals surface area contributed by atoms with Crippen molar-refractivity contribution in [3.8, 4) is 5.75 Å². The maximum Gasteiger partial charge on any atom is 0.338 e. The standard InChI is InChI=1S/C16H20FNO2.C6H4Cl2O/c17-15-8-12(10-18-6-2-1-3-7-18)13(11-4-5-11)9-14(15)16(19)20;7-4-1-5(8)3-6(9)2-4/h8-9,11H,1-7,10H2,(H,19,20);1-3,9H. The van der Waals surface area contributed by atoms with Crippen LogP contribution in [0.1, 0.15) is 59.5 Å². The van der Waals surface area contributed by atoms with Crippen LogP contribution in [0.3, 0.4) is 0 Å². The fourth-order valence-electron chi connectivity index (χ4n) is 3.60. The van der Waals surface area contributed by atoms with Crippen LogP contribution in [-0.4, -0.2) is 34.2 Å². The predicted octanol–water partition coefficient (Wildman–Crippen LogP) is 6.09. The summed E-state index contributed by atoms with van der Waals surface area (Å²) >= 11 is 11.0. The Morgan fingerprint density at radius 2 is 1.66 bits per heavy atom. The van der Waals surface area contributed by atoms with Gasteiger partial charge >= 0.3 is 5.97 Å². The maximum absolute atomic E-state index is 13.9. The van der Waals surface area contributed by atoms with Crippen molar-refractivity contribution < 1.29 is 19.4 Å². The SMILES string of the molecule is O=C(O)c1cc(C2CC2)c(CN2CCCCC2)cc1F.Oc1cc(Cl)cc(Cl)c1. The number of phenolic OH excluding ortho intramolecular Hbond substituents is 1. The van der Waals surface area contributed by atoms with Crippen molar-refractivity contribution in [2.75, 3.05) is 13.1 Å². The number of nitrogens with zero attached hydrogens (tertiary/aromatic N) is 1. The molecular weight excluding hydrogens is 416 g/mol. The number of hydrogen-bond donors (Lipinski definition) is 2. The smallest absolute Gasteiger partial charge is 0.338 e. The van der Waals surface area contributed by atoms with E-state index in [-0.39, 0.29) is 11.3 Å². The number of rotatable bonds is 4. The van der Waals surface area contributed by atoms with Gasteiger partial charge in [0.2, 0.25) is 0 Å². The number of carboxylic acid groups (broad SMARTS) is 1. The topological polar surface area (TPSA) is 60.8 Å². The van der Waals surface area contributed by atoms with E-state index in [0.29, 0.717) is 16.0 Å². The molecule has 4 rings (SSSR count). The van der Waals surface area contributed by atoms with Crippen LogP contribution in [0, 0.1) is 5.82 Å². The fourth-order valence-corrected chi connectivity index (χ4v) is 4.12. The van der Waals surface area contributed by atoms with Crippen LogP contribution in [0.25, 0.3) is 0 Å². The van der Waals surface area contributed by atoms with Gasteiger partial charge in [-0.2, -0.15) is 0 Å². The largest absolute Gasteiger partial charge is 0.508 e. The number of likely N-dealkylation sites (tertiary alicyclic amines) is 1. The van der Waals surface area contributed by atoms with Gasteiger partial charge in [-0.3, -0.25) is 4.90 Å². The Bertz CT molecular complexity index is 830. The van der Waals surface area contributed by atoms with Crippen molar-refractivity contribution in [2.24, 2.45) is 0 Å². The summed E-state index contributed by atoms with van der Waals surface area (Å²) in [7, 11) is 0. The lowest BCUT2D eigenvalue weighted by molar-refractivity contribution is 0.0691. The molecule has 2 aromatic rings. The molecule has 2 aliphatic rings. The van der Waals surface area contributed by atoms with E-state index in [9.17, 15) is 9.18 Å². The number of carbonyl (C=O) groups is 1. The lowest BCUT2D eigenvalue weighted by atomic mass is 9.98. The highest BCUT2D eigenvalue weighted by atomic mass is 35.5. The van der Waals surface area contributed by atoms with Crippen molar-refractivity contribution in [3.63, 3.8) is 0 Å². The van der Waals surface area contributed by atoms with Gasteiger partial charge < -0.3 is 10.2 Å². The molecule has 1 saturated carbocycles. The molecule has 2 fully saturated rings. The first-order valence-electron chi connectivity index (χ1n) is 9.76. The minimum absolute atomic E-state index is 0.0903. The summed E-state index contributed by atoms with van der Waals surface area (Å²) in [4.78, 5) is 13.4. The molecule has 2 aromatic carbocycles. The second-order valence-electron chi connectivity index (χ2n) is 7.57. The fraction of sp³-hybridized carbons (Fsp3) is 0.409. The number of phenols is 1. The van der Waals surface area contributed by atoms with E-state index in [1.165, 1.54) is 37.5 Å². The molecule has 156 valence electrons. The normalized spacial score (nSPS) is 16.8. The number of halogens is 3. The highest BCUT2D eigenvalue weighted by molar-refractivity contribution is 6.34. The van der Waals surface area contributed by atoms with Crippen molar-refractivity contribution in [1.29, 1.82) is 0 Å². The van der Waals surface area contributed by atoms with Gasteiger partial charge in [-0.25, -0.2) is 9.18 Å². The molecule has 4 nitrogen and oxygen atoms in total. The van der Waals surface area contributed by atoms with E-state index in [2.05, 4.69) is 4.90 Å². The van der Waals surface area contributed by atoms with Crippen molar-refractivity contribution in [1.82, 2.24) is 4.90 Å². The van der Waals surface area contributed by atoms with Crippen LogP contribution >= 0.6 is 23.2 Å². The molecule has 2 N–H and O–H groups in total. The molecule has 0 radical (unpaired) electrons. The number of aromatic carboxylic acids is 1. The Labute approximate surface area is 179 Å². The molecule has 0 amide bonds. The van der Waals surface area contributed by atoms with E-state index in [1.54, 1.807) is 12.1 Å². The molecule has 1 aliphatic heterocycles. The molecule has 0 atom stereocenters. The molecule has 0 bridgehead atoms. The zero-order valence-electron chi connectivity index (χ0n) is 16.0. The molecule has 29 heavy (non-hydrogen) atoms. The molecule has 0 unspecified atom stereocenters. The third kappa shape index (κ3) is 6.33. The van der Waals surface area contributed by atoms with Crippen LogP contribution < -0.4 is 0 Å². The average Bonchev–Trinajstić information content (AvgIpc) is 3.47. The summed E-state index contributed by atoms with van der Waals surface area (Å²) in [6.45, 7) is 2.88. The van der Waals surface area contributed by atoms with Gasteiger partial charge in [0.05, 0.1) is 5.56 Å². The second kappa shape index (κ2) is 9.79. The van der Waals surface area contributed by atoms with E-state index < -0.39 is 11.8 Å². The first-order chi connectivity index (χ1) is 13.8. The lowest BCUT2D eigenvalue weighted by Gasteiger charge is -2.27. The van der Waals surface area contributed by atoms with Gasteiger partial charge in [0.15, 0.2) is 0 Å². The van der Waals surface area contributed by atoms with Crippen LogP contribution in [0.2, 0.25) is 10.0 Å². The molecule has 0 spiro atoms. The van der Waals surface area contributed by atoms with Crippen molar-refractivity contribution >= 4 is 29.2 Å². The highest BCUT2D eigenvalue weighted by Crippen LogP contribution is 2.42. The molecule has 1 aliphatic carbocycles. The number of carboxylic acids is 1. The van der Waals surface area contributed by atoms with Crippen LogP contribution in [0.5, 0.6) is 5.75 Å². The monoisotopic (exact) mass is 439 g/mol. The van der Waals surface area contributed by atoms with Crippen molar-refractivity contribution in [2.45, 2.75) is 44.6 Å². The van der Waals surface area contributed by atoms with E-state index in [0.717, 1.165) is 43.6 Å². The van der Waals surface area contributed by atoms with Gasteiger partial charge in [0.1, 0.15) is 11.6 Å². The second-order valence-corrected chi connectivity index (χ2v) is 8.45. The summed E-state index contributed by atoms with van der Waals surface area (Å²) < 4.78 is 13.9. The van der Waals surface area contributed by atoms with Gasteiger partial charge in [0, 0.05) is 16.6 Å². The minimum atomic E-state index is -1.17. The van der Waals surface area contributed by atoms with E-state index in [4.69, 9.17) is 33.4 Å². The number of benzene rings is 2. The van der Waals surface area contributed by atoms with Gasteiger partial charge in [-0.1, -0.05) is 29.6 Å². The minimum Gasteiger partial charge on any atom is -0.508 e. The van der Waals surface area contributed by atoms with E-state index >= 15 is 0 Å². The maximum atomic E-state index is 13.9. The summed E-state index contributed by atoms with van der Waals surface area (Å²) in [6.07, 6.45) is 5.87. The van der Waals surface area contributed by atoms with Crippen LogP contribution in [0.15, 0.2) is 30.3 Å². The third-order valence-corrected chi connectivity index (χ3v) is 5.60. The first-order valence-corrected chi connectivity index (χ1v) is 10.5. The van der Waals surface area contributed by atoms with Gasteiger partial charge in [-0.05, 0) is 86.1 Å². The summed E-state index contributed by atoms with van der Waals surface area (Å²) in [6, 6.07) is 7.42. The Morgan fingerprint density at radius 3 is 2.17 bits per heavy atom.